The molecule has 1 fully saturated rings. The second-order valence-electron chi connectivity index (χ2n) is 8.01. The minimum absolute atomic E-state index is 0.0103. The Morgan fingerprint density at radius 1 is 1.10 bits per heavy atom. The molecule has 1 aliphatic carbocycles. The summed E-state index contributed by atoms with van der Waals surface area (Å²) in [5.74, 6) is -0.293. The molecule has 162 valence electrons. The van der Waals surface area contributed by atoms with Crippen molar-refractivity contribution < 1.29 is 17.6 Å². The van der Waals surface area contributed by atoms with Crippen LogP contribution in [0.1, 0.15) is 30.4 Å². The van der Waals surface area contributed by atoms with E-state index >= 15 is 0 Å². The standard InChI is InChI=1S/C22H28FN3O3S/c1-25(2)21-12-11-20(24-22(27)17-5-4-6-17)13-18(21)15-26(30(3,28)29)14-16-7-9-19(23)10-8-16/h7-13,17H,4-6,14-15H2,1-3H3,(H,24,27). The van der Waals surface area contributed by atoms with Crippen LogP contribution in [0.25, 0.3) is 0 Å². The van der Waals surface area contributed by atoms with Crippen molar-refractivity contribution in [2.75, 3.05) is 30.6 Å². The number of carbonyl (C=O) groups is 1. The fraction of sp³-hybridized carbons (Fsp3) is 0.409. The van der Waals surface area contributed by atoms with Crippen molar-refractivity contribution in [3.63, 3.8) is 0 Å². The minimum Gasteiger partial charge on any atom is -0.377 e. The van der Waals surface area contributed by atoms with E-state index in [4.69, 9.17) is 0 Å². The summed E-state index contributed by atoms with van der Waals surface area (Å²) in [7, 11) is 0.246. The van der Waals surface area contributed by atoms with Crippen LogP contribution < -0.4 is 10.2 Å². The summed E-state index contributed by atoms with van der Waals surface area (Å²) in [5, 5.41) is 2.95. The van der Waals surface area contributed by atoms with Crippen LogP contribution in [0.5, 0.6) is 0 Å². The van der Waals surface area contributed by atoms with Gasteiger partial charge < -0.3 is 10.2 Å². The minimum atomic E-state index is -3.52. The summed E-state index contributed by atoms with van der Waals surface area (Å²) in [4.78, 5) is 14.2. The molecule has 0 aromatic heterocycles. The van der Waals surface area contributed by atoms with Crippen LogP contribution in [0.15, 0.2) is 42.5 Å². The van der Waals surface area contributed by atoms with Gasteiger partial charge in [-0.1, -0.05) is 18.6 Å². The van der Waals surface area contributed by atoms with Gasteiger partial charge in [-0.3, -0.25) is 4.79 Å². The van der Waals surface area contributed by atoms with Crippen LogP contribution in [-0.2, 0) is 27.9 Å². The van der Waals surface area contributed by atoms with Gasteiger partial charge in [0.05, 0.1) is 6.26 Å². The Kier molecular flexibility index (Phi) is 6.77. The van der Waals surface area contributed by atoms with Crippen molar-refractivity contribution in [3.05, 3.63) is 59.4 Å². The number of hydrogen-bond acceptors (Lipinski definition) is 4. The first-order valence-electron chi connectivity index (χ1n) is 9.94. The lowest BCUT2D eigenvalue weighted by atomic mass is 9.85. The summed E-state index contributed by atoms with van der Waals surface area (Å²) in [6.45, 7) is 0.265. The Labute approximate surface area is 177 Å². The molecule has 0 aliphatic heterocycles. The highest BCUT2D eigenvalue weighted by atomic mass is 32.2. The molecule has 0 bridgehead atoms. The number of hydrogen-bond donors (Lipinski definition) is 1. The van der Waals surface area contributed by atoms with E-state index in [1.165, 1.54) is 16.4 Å². The molecule has 0 atom stereocenters. The monoisotopic (exact) mass is 433 g/mol. The highest BCUT2D eigenvalue weighted by Gasteiger charge is 2.26. The predicted molar refractivity (Wildman–Crippen MR) is 117 cm³/mol. The van der Waals surface area contributed by atoms with Crippen molar-refractivity contribution in [1.29, 1.82) is 0 Å². The van der Waals surface area contributed by atoms with Gasteiger partial charge in [0, 0.05) is 44.5 Å². The summed E-state index contributed by atoms with van der Waals surface area (Å²) in [5.41, 5.74) is 2.99. The zero-order chi connectivity index (χ0) is 21.9. The van der Waals surface area contributed by atoms with E-state index in [-0.39, 0.29) is 30.7 Å². The molecule has 0 spiro atoms. The maximum atomic E-state index is 13.2. The molecule has 1 amide bonds. The van der Waals surface area contributed by atoms with E-state index in [1.807, 2.05) is 37.2 Å². The van der Waals surface area contributed by atoms with Gasteiger partial charge in [0.1, 0.15) is 5.82 Å². The van der Waals surface area contributed by atoms with Crippen LogP contribution >= 0.6 is 0 Å². The number of benzene rings is 2. The lowest BCUT2D eigenvalue weighted by Crippen LogP contribution is -2.30. The van der Waals surface area contributed by atoms with Crippen molar-refractivity contribution in [2.24, 2.45) is 5.92 Å². The Morgan fingerprint density at radius 2 is 1.77 bits per heavy atom. The Bertz CT molecular complexity index is 1000. The van der Waals surface area contributed by atoms with Gasteiger partial charge in [0.2, 0.25) is 15.9 Å². The number of sulfonamides is 1. The molecule has 2 aromatic carbocycles. The van der Waals surface area contributed by atoms with Gasteiger partial charge in [-0.15, -0.1) is 0 Å². The van der Waals surface area contributed by atoms with E-state index < -0.39 is 10.0 Å². The molecule has 0 heterocycles. The zero-order valence-corrected chi connectivity index (χ0v) is 18.4. The molecule has 6 nitrogen and oxygen atoms in total. The smallest absolute Gasteiger partial charge is 0.227 e. The number of rotatable bonds is 8. The number of amides is 1. The number of carbonyl (C=O) groups excluding carboxylic acids is 1. The summed E-state index contributed by atoms with van der Waals surface area (Å²) in [6.07, 6.45) is 4.06. The third-order valence-electron chi connectivity index (χ3n) is 5.39. The largest absolute Gasteiger partial charge is 0.377 e. The third kappa shape index (κ3) is 5.58. The molecule has 1 saturated carbocycles. The van der Waals surface area contributed by atoms with Gasteiger partial charge >= 0.3 is 0 Å². The SMILES string of the molecule is CN(C)c1ccc(NC(=O)C2CCC2)cc1CN(Cc1ccc(F)cc1)S(C)(=O)=O. The van der Waals surface area contributed by atoms with E-state index in [9.17, 15) is 17.6 Å². The first-order valence-corrected chi connectivity index (χ1v) is 11.8. The third-order valence-corrected chi connectivity index (χ3v) is 6.59. The van der Waals surface area contributed by atoms with Crippen molar-refractivity contribution in [1.82, 2.24) is 4.31 Å². The van der Waals surface area contributed by atoms with Gasteiger partial charge in [-0.2, -0.15) is 4.31 Å². The number of anilines is 2. The molecule has 2 aromatic rings. The zero-order valence-electron chi connectivity index (χ0n) is 17.6. The van der Waals surface area contributed by atoms with Crippen molar-refractivity contribution >= 4 is 27.3 Å². The van der Waals surface area contributed by atoms with Crippen molar-refractivity contribution in [3.8, 4) is 0 Å². The molecule has 0 radical (unpaired) electrons. The Morgan fingerprint density at radius 3 is 2.30 bits per heavy atom. The van der Waals surface area contributed by atoms with E-state index in [1.54, 1.807) is 12.1 Å². The topological polar surface area (TPSA) is 69.7 Å². The molecule has 30 heavy (non-hydrogen) atoms. The van der Waals surface area contributed by atoms with Crippen LogP contribution in [0.2, 0.25) is 0 Å². The molecule has 8 heteroatoms. The van der Waals surface area contributed by atoms with Crippen LogP contribution in [0, 0.1) is 11.7 Å². The molecular formula is C22H28FN3O3S. The van der Waals surface area contributed by atoms with E-state index in [2.05, 4.69) is 5.32 Å². The average Bonchev–Trinajstić information content (AvgIpc) is 2.60. The second kappa shape index (κ2) is 9.14. The van der Waals surface area contributed by atoms with Crippen molar-refractivity contribution in [2.45, 2.75) is 32.4 Å². The predicted octanol–water partition coefficient (Wildman–Crippen LogP) is 3.59. The molecule has 1 N–H and O–H groups in total. The quantitative estimate of drug-likeness (QED) is 0.691. The summed E-state index contributed by atoms with van der Waals surface area (Å²) >= 11 is 0. The van der Waals surface area contributed by atoms with Gasteiger partial charge in [-0.05, 0) is 54.3 Å². The molecular weight excluding hydrogens is 405 g/mol. The van der Waals surface area contributed by atoms with Crippen LogP contribution in [0.4, 0.5) is 15.8 Å². The average molecular weight is 434 g/mol. The number of halogens is 1. The fourth-order valence-corrected chi connectivity index (χ4v) is 4.17. The maximum absolute atomic E-state index is 13.2. The van der Waals surface area contributed by atoms with Gasteiger partial charge in [-0.25, -0.2) is 12.8 Å². The highest BCUT2D eigenvalue weighted by molar-refractivity contribution is 7.88. The molecule has 3 rings (SSSR count). The van der Waals surface area contributed by atoms with Gasteiger partial charge in [0.15, 0.2) is 0 Å². The second-order valence-corrected chi connectivity index (χ2v) is 9.99. The molecule has 0 unspecified atom stereocenters. The summed E-state index contributed by atoms with van der Waals surface area (Å²) in [6, 6.07) is 11.3. The van der Waals surface area contributed by atoms with Gasteiger partial charge in [0.25, 0.3) is 0 Å². The number of nitrogens with zero attached hydrogens (tertiary/aromatic N) is 2. The van der Waals surface area contributed by atoms with E-state index in [0.29, 0.717) is 11.3 Å². The Hall–Kier alpha value is -2.45. The van der Waals surface area contributed by atoms with Crippen LogP contribution in [0.3, 0.4) is 0 Å². The lowest BCUT2D eigenvalue weighted by molar-refractivity contribution is -0.122. The normalized spacial score (nSPS) is 14.4. The van der Waals surface area contributed by atoms with Crippen LogP contribution in [-0.4, -0.2) is 39.0 Å². The lowest BCUT2D eigenvalue weighted by Gasteiger charge is -2.26. The molecule has 0 saturated heterocycles. The fourth-order valence-electron chi connectivity index (χ4n) is 3.41. The van der Waals surface area contributed by atoms with E-state index in [0.717, 1.165) is 36.8 Å². The maximum Gasteiger partial charge on any atom is 0.227 e. The summed E-state index contributed by atoms with van der Waals surface area (Å²) < 4.78 is 39.5. The number of nitrogens with one attached hydrogen (secondary N) is 1. The first kappa shape index (κ1) is 22.2. The first-order chi connectivity index (χ1) is 14.1. The highest BCUT2D eigenvalue weighted by Crippen LogP contribution is 2.30. The molecule has 1 aliphatic rings. The Balaban J connectivity index is 1.86.